The van der Waals surface area contributed by atoms with Gasteiger partial charge in [-0.2, -0.15) is 0 Å². The number of aromatic nitrogens is 1. The van der Waals surface area contributed by atoms with E-state index in [0.29, 0.717) is 4.90 Å². The van der Waals surface area contributed by atoms with Crippen LogP contribution in [0.4, 0.5) is 5.69 Å². The smallest absolute Gasteiger partial charge is 0.342 e. The zero-order valence-electron chi connectivity index (χ0n) is 8.77. The van der Waals surface area contributed by atoms with Crippen molar-refractivity contribution in [3.63, 3.8) is 0 Å². The molecule has 6 nitrogen and oxygen atoms in total. The molecule has 2 rings (SSSR count). The first-order chi connectivity index (χ1) is 8.58. The Balaban J connectivity index is 2.37. The van der Waals surface area contributed by atoms with Crippen LogP contribution in [0, 0.1) is 10.1 Å². The van der Waals surface area contributed by atoms with Gasteiger partial charge in [-0.1, -0.05) is 11.8 Å². The van der Waals surface area contributed by atoms with E-state index in [0.717, 1.165) is 4.34 Å². The number of nitrogens with zero attached hydrogens (tertiary/aromatic N) is 2. The molecule has 1 aromatic heterocycles. The molecule has 8 heteroatoms. The highest BCUT2D eigenvalue weighted by Gasteiger charge is 2.20. The second-order valence-corrected chi connectivity index (χ2v) is 5.36. The molecule has 1 N–H and O–H groups in total. The lowest BCUT2D eigenvalue weighted by atomic mass is 10.2. The minimum absolute atomic E-state index is 0.316. The van der Waals surface area contributed by atoms with E-state index in [2.05, 4.69) is 4.98 Å². The minimum atomic E-state index is -1.31. The normalized spacial score (nSPS) is 10.2. The summed E-state index contributed by atoms with van der Waals surface area (Å²) in [6, 6.07) is 4.01. The molecular formula is C10H6N2O4S2. The van der Waals surface area contributed by atoms with Crippen LogP contribution in [0.1, 0.15) is 10.4 Å². The Morgan fingerprint density at radius 2 is 2.28 bits per heavy atom. The van der Waals surface area contributed by atoms with Crippen molar-refractivity contribution in [3.8, 4) is 0 Å². The lowest BCUT2D eigenvalue weighted by molar-refractivity contribution is -0.385. The third kappa shape index (κ3) is 2.66. The van der Waals surface area contributed by atoms with E-state index in [1.54, 1.807) is 11.6 Å². The van der Waals surface area contributed by atoms with Crippen molar-refractivity contribution in [2.24, 2.45) is 0 Å². The molecule has 0 atom stereocenters. The topological polar surface area (TPSA) is 93.3 Å². The maximum absolute atomic E-state index is 10.8. The number of carbonyl (C=O) groups is 1. The van der Waals surface area contributed by atoms with Gasteiger partial charge >= 0.3 is 5.97 Å². The molecule has 1 heterocycles. The predicted molar refractivity (Wildman–Crippen MR) is 66.3 cm³/mol. The molecule has 0 aliphatic rings. The second-order valence-electron chi connectivity index (χ2n) is 3.14. The third-order valence-electron chi connectivity index (χ3n) is 2.01. The Labute approximate surface area is 109 Å². The molecule has 0 fully saturated rings. The number of aromatic carboxylic acids is 1. The monoisotopic (exact) mass is 282 g/mol. The van der Waals surface area contributed by atoms with Crippen LogP contribution in [0.2, 0.25) is 0 Å². The highest BCUT2D eigenvalue weighted by atomic mass is 32.2. The number of nitro groups is 1. The zero-order chi connectivity index (χ0) is 13.1. The van der Waals surface area contributed by atoms with Gasteiger partial charge in [-0.15, -0.1) is 11.3 Å². The molecule has 0 radical (unpaired) electrons. The summed E-state index contributed by atoms with van der Waals surface area (Å²) in [5.74, 6) is -1.31. The van der Waals surface area contributed by atoms with Crippen LogP contribution < -0.4 is 0 Å². The van der Waals surface area contributed by atoms with Crippen molar-refractivity contribution < 1.29 is 14.8 Å². The van der Waals surface area contributed by atoms with Gasteiger partial charge in [-0.05, 0) is 12.1 Å². The van der Waals surface area contributed by atoms with Gasteiger partial charge in [0.1, 0.15) is 5.56 Å². The maximum atomic E-state index is 10.8. The van der Waals surface area contributed by atoms with Crippen molar-refractivity contribution in [3.05, 3.63) is 45.5 Å². The van der Waals surface area contributed by atoms with Crippen LogP contribution in [-0.2, 0) is 0 Å². The summed E-state index contributed by atoms with van der Waals surface area (Å²) in [6.45, 7) is 0. The zero-order valence-corrected chi connectivity index (χ0v) is 10.4. The van der Waals surface area contributed by atoms with E-state index in [9.17, 15) is 14.9 Å². The Morgan fingerprint density at radius 3 is 2.83 bits per heavy atom. The molecule has 0 unspecified atom stereocenters. The molecule has 2 aromatic rings. The Bertz CT molecular complexity index is 598. The molecule has 0 spiro atoms. The lowest BCUT2D eigenvalue weighted by Gasteiger charge is -2.01. The van der Waals surface area contributed by atoms with Crippen LogP contribution in [0.3, 0.4) is 0 Å². The molecule has 18 heavy (non-hydrogen) atoms. The largest absolute Gasteiger partial charge is 0.477 e. The molecule has 0 saturated carbocycles. The standard InChI is InChI=1S/C10H6N2O4S2/c13-9(14)7-2-1-6(5-8(7)12(15)16)18-10-11-3-4-17-10/h1-5H,(H,13,14). The summed E-state index contributed by atoms with van der Waals surface area (Å²) < 4.78 is 0.743. The van der Waals surface area contributed by atoms with Crippen molar-refractivity contribution in [1.29, 1.82) is 0 Å². The van der Waals surface area contributed by atoms with Crippen molar-refractivity contribution in [1.82, 2.24) is 4.98 Å². The number of carboxylic acid groups (broad SMARTS) is 1. The summed E-state index contributed by atoms with van der Waals surface area (Å²) >= 11 is 2.66. The maximum Gasteiger partial charge on any atom is 0.342 e. The summed E-state index contributed by atoms with van der Waals surface area (Å²) in [7, 11) is 0. The second kappa shape index (κ2) is 5.15. The quantitative estimate of drug-likeness (QED) is 0.684. The van der Waals surface area contributed by atoms with E-state index in [-0.39, 0.29) is 5.56 Å². The van der Waals surface area contributed by atoms with Gasteiger partial charge in [0.2, 0.25) is 0 Å². The van der Waals surface area contributed by atoms with Crippen molar-refractivity contribution in [2.75, 3.05) is 0 Å². The Hall–Kier alpha value is -1.93. The van der Waals surface area contributed by atoms with Crippen LogP contribution in [0.25, 0.3) is 0 Å². The van der Waals surface area contributed by atoms with Gasteiger partial charge < -0.3 is 5.11 Å². The number of benzene rings is 1. The number of thiazole rings is 1. The van der Waals surface area contributed by atoms with Crippen molar-refractivity contribution >= 4 is 34.8 Å². The van der Waals surface area contributed by atoms with E-state index in [1.807, 2.05) is 0 Å². The van der Waals surface area contributed by atoms with Gasteiger partial charge in [0.05, 0.1) is 4.92 Å². The predicted octanol–water partition coefficient (Wildman–Crippen LogP) is 2.90. The number of carboxylic acids is 1. The van der Waals surface area contributed by atoms with Gasteiger partial charge in [0, 0.05) is 22.5 Å². The van der Waals surface area contributed by atoms with E-state index in [1.165, 1.54) is 41.3 Å². The highest BCUT2D eigenvalue weighted by Crippen LogP contribution is 2.32. The summed E-state index contributed by atoms with van der Waals surface area (Å²) in [5, 5.41) is 21.4. The molecule has 0 saturated heterocycles. The number of hydrogen-bond acceptors (Lipinski definition) is 6. The Morgan fingerprint density at radius 1 is 1.50 bits per heavy atom. The molecule has 92 valence electrons. The fourth-order valence-corrected chi connectivity index (χ4v) is 2.90. The van der Waals surface area contributed by atoms with Crippen LogP contribution >= 0.6 is 23.1 Å². The van der Waals surface area contributed by atoms with E-state index < -0.39 is 16.6 Å². The van der Waals surface area contributed by atoms with Crippen molar-refractivity contribution in [2.45, 2.75) is 9.24 Å². The lowest BCUT2D eigenvalue weighted by Crippen LogP contribution is -2.02. The first kappa shape index (κ1) is 12.5. The van der Waals surface area contributed by atoms with Crippen LogP contribution in [0.15, 0.2) is 39.0 Å². The molecule has 0 aliphatic heterocycles. The number of hydrogen-bond donors (Lipinski definition) is 1. The SMILES string of the molecule is O=C(O)c1ccc(Sc2nccs2)cc1[N+](=O)[O-]. The average Bonchev–Trinajstić information content (AvgIpc) is 2.81. The fraction of sp³-hybridized carbons (Fsp3) is 0. The van der Waals surface area contributed by atoms with Gasteiger partial charge in [0.25, 0.3) is 5.69 Å². The van der Waals surface area contributed by atoms with E-state index >= 15 is 0 Å². The number of rotatable bonds is 4. The average molecular weight is 282 g/mol. The third-order valence-corrected chi connectivity index (χ3v) is 3.88. The van der Waals surface area contributed by atoms with Gasteiger partial charge in [-0.25, -0.2) is 9.78 Å². The molecule has 0 bridgehead atoms. The molecule has 1 aromatic carbocycles. The van der Waals surface area contributed by atoms with Crippen LogP contribution in [-0.4, -0.2) is 21.0 Å². The van der Waals surface area contributed by atoms with Gasteiger partial charge in [0.15, 0.2) is 4.34 Å². The highest BCUT2D eigenvalue weighted by molar-refractivity contribution is 8.01. The summed E-state index contributed by atoms with van der Waals surface area (Å²) in [6.07, 6.45) is 1.63. The fourth-order valence-electron chi connectivity index (χ4n) is 1.27. The van der Waals surface area contributed by atoms with Gasteiger partial charge in [-0.3, -0.25) is 10.1 Å². The summed E-state index contributed by atoms with van der Waals surface area (Å²) in [5.41, 5.74) is -0.729. The number of nitro benzene ring substituents is 1. The summed E-state index contributed by atoms with van der Waals surface area (Å²) in [4.78, 5) is 25.6. The van der Waals surface area contributed by atoms with E-state index in [4.69, 9.17) is 5.11 Å². The van der Waals surface area contributed by atoms with Crippen LogP contribution in [0.5, 0.6) is 0 Å². The first-order valence-electron chi connectivity index (χ1n) is 4.67. The molecule has 0 aliphatic carbocycles. The molecular weight excluding hydrogens is 276 g/mol. The Kier molecular flexibility index (Phi) is 3.58. The minimum Gasteiger partial charge on any atom is -0.477 e. The molecule has 0 amide bonds. The first-order valence-corrected chi connectivity index (χ1v) is 6.36.